The minimum Gasteiger partial charge on any atom is -0.493 e. The lowest BCUT2D eigenvalue weighted by Crippen LogP contribution is -2.53. The maximum atomic E-state index is 12.6. The van der Waals surface area contributed by atoms with Gasteiger partial charge in [-0.15, -0.1) is 12.4 Å². The summed E-state index contributed by atoms with van der Waals surface area (Å²) in [4.78, 5) is 12.6. The van der Waals surface area contributed by atoms with Crippen LogP contribution in [0, 0.1) is 0 Å². The number of benzene rings is 1. The van der Waals surface area contributed by atoms with Gasteiger partial charge in [0.05, 0.1) is 12.5 Å². The lowest BCUT2D eigenvalue weighted by molar-refractivity contribution is -0.125. The van der Waals surface area contributed by atoms with Crippen LogP contribution in [0.25, 0.3) is 0 Å². The van der Waals surface area contributed by atoms with Crippen LogP contribution < -0.4 is 15.4 Å². The Morgan fingerprint density at radius 2 is 2.05 bits per heavy atom. The van der Waals surface area contributed by atoms with Crippen molar-refractivity contribution < 1.29 is 9.53 Å². The van der Waals surface area contributed by atoms with Gasteiger partial charge in [-0.3, -0.25) is 4.79 Å². The van der Waals surface area contributed by atoms with E-state index in [9.17, 15) is 4.79 Å². The molecule has 4 nitrogen and oxygen atoms in total. The first-order valence-corrected chi connectivity index (χ1v) is 7.42. The van der Waals surface area contributed by atoms with Gasteiger partial charge in [-0.1, -0.05) is 18.2 Å². The molecule has 5 heteroatoms. The first-order chi connectivity index (χ1) is 9.68. The molecule has 0 aromatic heterocycles. The van der Waals surface area contributed by atoms with Crippen molar-refractivity contribution in [2.24, 2.45) is 0 Å². The standard InChI is InChI=1S/C16H22N2O2.ClH/c1-16(7-9-17-10-8-16)18-15(19)13-6-11-20-14-5-3-2-4-12(13)14;/h2-5,13,17H,6-11H2,1H3,(H,18,19);1H. The van der Waals surface area contributed by atoms with Crippen LogP contribution in [0.2, 0.25) is 0 Å². The van der Waals surface area contributed by atoms with Crippen LogP contribution in [0.1, 0.15) is 37.7 Å². The summed E-state index contributed by atoms with van der Waals surface area (Å²) < 4.78 is 5.63. The highest BCUT2D eigenvalue weighted by Crippen LogP contribution is 2.34. The molecule has 0 spiro atoms. The molecule has 0 aliphatic carbocycles. The zero-order valence-corrected chi connectivity index (χ0v) is 13.2. The minimum absolute atomic E-state index is 0. The summed E-state index contributed by atoms with van der Waals surface area (Å²) in [5.74, 6) is 0.922. The van der Waals surface area contributed by atoms with Crippen molar-refractivity contribution in [3.63, 3.8) is 0 Å². The van der Waals surface area contributed by atoms with Gasteiger partial charge in [0.25, 0.3) is 0 Å². The summed E-state index contributed by atoms with van der Waals surface area (Å²) in [6, 6.07) is 7.87. The van der Waals surface area contributed by atoms with Gasteiger partial charge in [-0.05, 0) is 45.3 Å². The Balaban J connectivity index is 0.00000161. The number of carbonyl (C=O) groups is 1. The number of nitrogens with one attached hydrogen (secondary N) is 2. The summed E-state index contributed by atoms with van der Waals surface area (Å²) in [6.45, 7) is 4.71. The molecule has 0 radical (unpaired) electrons. The van der Waals surface area contributed by atoms with Crippen LogP contribution in [0.4, 0.5) is 0 Å². The van der Waals surface area contributed by atoms with Crippen LogP contribution in [-0.4, -0.2) is 31.1 Å². The maximum Gasteiger partial charge on any atom is 0.228 e. The van der Waals surface area contributed by atoms with Gasteiger partial charge in [0.15, 0.2) is 0 Å². The molecule has 0 bridgehead atoms. The summed E-state index contributed by atoms with van der Waals surface area (Å²) in [5, 5.41) is 6.61. The predicted octanol–water partition coefficient (Wildman–Crippen LogP) is 2.23. The van der Waals surface area contributed by atoms with Crippen molar-refractivity contribution >= 4 is 18.3 Å². The molecule has 2 heterocycles. The van der Waals surface area contributed by atoms with E-state index in [1.807, 2.05) is 24.3 Å². The Hall–Kier alpha value is -1.26. The fourth-order valence-electron chi connectivity index (χ4n) is 3.10. The Morgan fingerprint density at radius 3 is 2.81 bits per heavy atom. The van der Waals surface area contributed by atoms with Crippen LogP contribution in [0.3, 0.4) is 0 Å². The second kappa shape index (κ2) is 6.67. The molecule has 0 saturated carbocycles. The molecule has 1 fully saturated rings. The average molecular weight is 311 g/mol. The van der Waals surface area contributed by atoms with Crippen LogP contribution in [0.15, 0.2) is 24.3 Å². The zero-order chi connectivity index (χ0) is 14.0. The molecule has 116 valence electrons. The van der Waals surface area contributed by atoms with Gasteiger partial charge >= 0.3 is 0 Å². The van der Waals surface area contributed by atoms with Crippen molar-refractivity contribution in [2.45, 2.75) is 37.6 Å². The number of halogens is 1. The zero-order valence-electron chi connectivity index (χ0n) is 12.4. The third-order valence-electron chi connectivity index (χ3n) is 4.41. The van der Waals surface area contributed by atoms with E-state index < -0.39 is 0 Å². The van der Waals surface area contributed by atoms with Crippen molar-refractivity contribution in [2.75, 3.05) is 19.7 Å². The largest absolute Gasteiger partial charge is 0.493 e. The normalized spacial score (nSPS) is 23.2. The smallest absolute Gasteiger partial charge is 0.228 e. The van der Waals surface area contributed by atoms with Gasteiger partial charge in [0.1, 0.15) is 5.75 Å². The molecule has 3 rings (SSSR count). The van der Waals surface area contributed by atoms with Crippen LogP contribution >= 0.6 is 12.4 Å². The van der Waals surface area contributed by atoms with Gasteiger partial charge in [0.2, 0.25) is 5.91 Å². The minimum atomic E-state index is -0.0772. The fraction of sp³-hybridized carbons (Fsp3) is 0.562. The van der Waals surface area contributed by atoms with Crippen LogP contribution in [-0.2, 0) is 4.79 Å². The molecule has 1 aromatic rings. The third kappa shape index (κ3) is 3.50. The number of amides is 1. The van der Waals surface area contributed by atoms with E-state index in [1.54, 1.807) is 0 Å². The van der Waals surface area contributed by atoms with Gasteiger partial charge in [-0.25, -0.2) is 0 Å². The first kappa shape index (κ1) is 16.1. The Kier molecular flexibility index (Phi) is 5.12. The highest BCUT2D eigenvalue weighted by molar-refractivity contribution is 5.85. The van der Waals surface area contributed by atoms with E-state index >= 15 is 0 Å². The number of hydrogen-bond acceptors (Lipinski definition) is 3. The molecule has 1 amide bonds. The summed E-state index contributed by atoms with van der Waals surface area (Å²) in [6.07, 6.45) is 2.74. The highest BCUT2D eigenvalue weighted by Gasteiger charge is 2.33. The van der Waals surface area contributed by atoms with E-state index in [-0.39, 0.29) is 29.8 Å². The molecule has 1 saturated heterocycles. The first-order valence-electron chi connectivity index (χ1n) is 7.42. The molecule has 2 aliphatic heterocycles. The molecule has 2 aliphatic rings. The number of ether oxygens (including phenoxy) is 1. The van der Waals surface area contributed by atoms with Crippen molar-refractivity contribution in [3.8, 4) is 5.75 Å². The predicted molar refractivity (Wildman–Crippen MR) is 85.2 cm³/mol. The second-order valence-corrected chi connectivity index (χ2v) is 6.03. The number of rotatable bonds is 2. The van der Waals surface area contributed by atoms with E-state index in [0.29, 0.717) is 6.61 Å². The van der Waals surface area contributed by atoms with E-state index in [2.05, 4.69) is 17.6 Å². The quantitative estimate of drug-likeness (QED) is 0.881. The summed E-state index contributed by atoms with van der Waals surface area (Å²) >= 11 is 0. The summed E-state index contributed by atoms with van der Waals surface area (Å²) in [5.41, 5.74) is 0.948. The molecular weight excluding hydrogens is 288 g/mol. The Labute approximate surface area is 132 Å². The molecule has 1 atom stereocenters. The molecule has 1 aromatic carbocycles. The lowest BCUT2D eigenvalue weighted by Gasteiger charge is -2.37. The maximum absolute atomic E-state index is 12.6. The number of piperidine rings is 1. The van der Waals surface area contributed by atoms with Crippen molar-refractivity contribution in [1.82, 2.24) is 10.6 Å². The van der Waals surface area contributed by atoms with Crippen molar-refractivity contribution in [3.05, 3.63) is 29.8 Å². The fourth-order valence-corrected chi connectivity index (χ4v) is 3.10. The number of fused-ring (bicyclic) bond motifs is 1. The highest BCUT2D eigenvalue weighted by atomic mass is 35.5. The number of carbonyl (C=O) groups excluding carboxylic acids is 1. The second-order valence-electron chi connectivity index (χ2n) is 6.03. The van der Waals surface area contributed by atoms with E-state index in [0.717, 1.165) is 43.7 Å². The van der Waals surface area contributed by atoms with Crippen LogP contribution in [0.5, 0.6) is 5.75 Å². The van der Waals surface area contributed by atoms with Crippen molar-refractivity contribution in [1.29, 1.82) is 0 Å². The SMILES string of the molecule is CC1(NC(=O)C2CCOc3ccccc32)CCNCC1.Cl. The molecule has 21 heavy (non-hydrogen) atoms. The Morgan fingerprint density at radius 1 is 1.33 bits per heavy atom. The Bertz CT molecular complexity index is 501. The summed E-state index contributed by atoms with van der Waals surface area (Å²) in [7, 11) is 0. The third-order valence-corrected chi connectivity index (χ3v) is 4.41. The lowest BCUT2D eigenvalue weighted by atomic mass is 9.87. The monoisotopic (exact) mass is 310 g/mol. The molecule has 1 unspecified atom stereocenters. The molecule has 2 N–H and O–H groups in total. The van der Waals surface area contributed by atoms with Gasteiger partial charge in [-0.2, -0.15) is 0 Å². The molecular formula is C16H23ClN2O2. The van der Waals surface area contributed by atoms with E-state index in [4.69, 9.17) is 4.74 Å². The van der Waals surface area contributed by atoms with E-state index in [1.165, 1.54) is 0 Å². The average Bonchev–Trinajstić information content (AvgIpc) is 2.47. The number of hydrogen-bond donors (Lipinski definition) is 2. The number of para-hydroxylation sites is 1. The van der Waals surface area contributed by atoms with Gasteiger partial charge in [0, 0.05) is 11.1 Å². The van der Waals surface area contributed by atoms with Gasteiger partial charge < -0.3 is 15.4 Å². The topological polar surface area (TPSA) is 50.4 Å².